The zero-order valence-electron chi connectivity index (χ0n) is 11.8. The number of carbonyl (C=O) groups excluding carboxylic acids is 1. The second-order valence-electron chi connectivity index (χ2n) is 5.06. The van der Waals surface area contributed by atoms with Crippen LogP contribution in [0.15, 0.2) is 18.2 Å². The quantitative estimate of drug-likeness (QED) is 0.856. The van der Waals surface area contributed by atoms with Crippen LogP contribution in [0.5, 0.6) is 0 Å². The van der Waals surface area contributed by atoms with Gasteiger partial charge in [0, 0.05) is 30.9 Å². The molecule has 1 saturated carbocycles. The van der Waals surface area contributed by atoms with E-state index >= 15 is 0 Å². The topological polar surface area (TPSA) is 50.4 Å². The third-order valence-electron chi connectivity index (χ3n) is 3.61. The molecule has 0 aromatic heterocycles. The van der Waals surface area contributed by atoms with Gasteiger partial charge in [-0.1, -0.05) is 0 Å². The van der Waals surface area contributed by atoms with Crippen LogP contribution in [0.3, 0.4) is 0 Å². The van der Waals surface area contributed by atoms with E-state index in [4.69, 9.17) is 4.74 Å². The van der Waals surface area contributed by atoms with E-state index in [2.05, 4.69) is 10.6 Å². The predicted octanol–water partition coefficient (Wildman–Crippen LogP) is 2.33. The lowest BCUT2D eigenvalue weighted by Crippen LogP contribution is -2.40. The monoisotopic (exact) mass is 262 g/mol. The van der Waals surface area contributed by atoms with Gasteiger partial charge in [-0.15, -0.1) is 0 Å². The van der Waals surface area contributed by atoms with Crippen LogP contribution < -0.4 is 10.6 Å². The summed E-state index contributed by atoms with van der Waals surface area (Å²) in [7, 11) is 1.76. The molecule has 1 fully saturated rings. The molecule has 2 N–H and O–H groups in total. The van der Waals surface area contributed by atoms with Crippen molar-refractivity contribution in [1.82, 2.24) is 5.32 Å². The van der Waals surface area contributed by atoms with Crippen LogP contribution in [0.25, 0.3) is 0 Å². The number of hydrogen-bond acceptors (Lipinski definition) is 3. The SMILES string of the molecule is CCNC(=O)c1ccc(NC2CC(OC)C2)c(C)c1. The zero-order chi connectivity index (χ0) is 13.8. The number of amides is 1. The highest BCUT2D eigenvalue weighted by atomic mass is 16.5. The lowest BCUT2D eigenvalue weighted by atomic mass is 9.89. The first-order valence-electron chi connectivity index (χ1n) is 6.82. The molecule has 1 aliphatic rings. The molecule has 0 unspecified atom stereocenters. The summed E-state index contributed by atoms with van der Waals surface area (Å²) in [4.78, 5) is 11.7. The molecule has 2 rings (SSSR count). The van der Waals surface area contributed by atoms with Gasteiger partial charge < -0.3 is 15.4 Å². The fraction of sp³-hybridized carbons (Fsp3) is 0.533. The van der Waals surface area contributed by atoms with E-state index in [1.54, 1.807) is 7.11 Å². The summed E-state index contributed by atoms with van der Waals surface area (Å²) in [6.07, 6.45) is 2.49. The van der Waals surface area contributed by atoms with Crippen molar-refractivity contribution in [1.29, 1.82) is 0 Å². The van der Waals surface area contributed by atoms with Crippen molar-refractivity contribution in [2.75, 3.05) is 19.0 Å². The number of hydrogen-bond donors (Lipinski definition) is 2. The maximum Gasteiger partial charge on any atom is 0.251 e. The number of benzene rings is 1. The minimum absolute atomic E-state index is 0.0137. The predicted molar refractivity (Wildman–Crippen MR) is 76.6 cm³/mol. The molecule has 1 aromatic carbocycles. The molecule has 0 atom stereocenters. The van der Waals surface area contributed by atoms with E-state index in [9.17, 15) is 4.79 Å². The van der Waals surface area contributed by atoms with Crippen molar-refractivity contribution in [3.63, 3.8) is 0 Å². The van der Waals surface area contributed by atoms with Gasteiger partial charge >= 0.3 is 0 Å². The molecule has 0 spiro atoms. The van der Waals surface area contributed by atoms with Gasteiger partial charge in [-0.25, -0.2) is 0 Å². The van der Waals surface area contributed by atoms with Gasteiger partial charge in [0.2, 0.25) is 0 Å². The average molecular weight is 262 g/mol. The van der Waals surface area contributed by atoms with Crippen molar-refractivity contribution < 1.29 is 9.53 Å². The standard InChI is InChI=1S/C15H22N2O2/c1-4-16-15(18)11-5-6-14(10(2)7-11)17-12-8-13(9-12)19-3/h5-7,12-13,17H,4,8-9H2,1-3H3,(H,16,18). The number of anilines is 1. The van der Waals surface area contributed by atoms with E-state index in [-0.39, 0.29) is 5.91 Å². The molecular weight excluding hydrogens is 240 g/mol. The van der Waals surface area contributed by atoms with Crippen LogP contribution >= 0.6 is 0 Å². The smallest absolute Gasteiger partial charge is 0.251 e. The Morgan fingerprint density at radius 3 is 2.74 bits per heavy atom. The van der Waals surface area contributed by atoms with Crippen molar-refractivity contribution >= 4 is 11.6 Å². The van der Waals surface area contributed by atoms with Crippen molar-refractivity contribution in [2.24, 2.45) is 0 Å². The van der Waals surface area contributed by atoms with Gasteiger partial charge in [-0.3, -0.25) is 4.79 Å². The summed E-state index contributed by atoms with van der Waals surface area (Å²) < 4.78 is 5.27. The van der Waals surface area contributed by atoms with Gasteiger partial charge in [0.05, 0.1) is 6.10 Å². The number of ether oxygens (including phenoxy) is 1. The molecule has 0 saturated heterocycles. The first-order valence-corrected chi connectivity index (χ1v) is 6.82. The fourth-order valence-electron chi connectivity index (χ4n) is 2.33. The summed E-state index contributed by atoms with van der Waals surface area (Å²) in [5.74, 6) is -0.0137. The van der Waals surface area contributed by atoms with Crippen molar-refractivity contribution in [2.45, 2.75) is 38.8 Å². The number of rotatable bonds is 5. The Kier molecular flexibility index (Phi) is 4.43. The molecule has 0 bridgehead atoms. The van der Waals surface area contributed by atoms with Crippen molar-refractivity contribution in [3.05, 3.63) is 29.3 Å². The Morgan fingerprint density at radius 1 is 1.42 bits per heavy atom. The normalized spacial score (nSPS) is 21.6. The lowest BCUT2D eigenvalue weighted by Gasteiger charge is -2.35. The molecule has 0 heterocycles. The van der Waals surface area contributed by atoms with E-state index < -0.39 is 0 Å². The van der Waals surface area contributed by atoms with Gasteiger partial charge in [0.1, 0.15) is 0 Å². The highest BCUT2D eigenvalue weighted by Crippen LogP contribution is 2.27. The van der Waals surface area contributed by atoms with Gasteiger partial charge in [0.25, 0.3) is 5.91 Å². The molecule has 0 radical (unpaired) electrons. The van der Waals surface area contributed by atoms with E-state index in [0.29, 0.717) is 24.3 Å². The van der Waals surface area contributed by atoms with Gasteiger partial charge in [0.15, 0.2) is 0 Å². The Labute approximate surface area is 114 Å². The van der Waals surface area contributed by atoms with Crippen LogP contribution in [0.2, 0.25) is 0 Å². The zero-order valence-corrected chi connectivity index (χ0v) is 11.8. The molecule has 0 aliphatic heterocycles. The van der Waals surface area contributed by atoms with Crippen LogP contribution in [-0.4, -0.2) is 31.7 Å². The maximum absolute atomic E-state index is 11.7. The largest absolute Gasteiger partial charge is 0.382 e. The first-order chi connectivity index (χ1) is 9.13. The summed E-state index contributed by atoms with van der Waals surface area (Å²) in [5, 5.41) is 6.31. The molecule has 1 aromatic rings. The molecule has 4 heteroatoms. The van der Waals surface area contributed by atoms with Gasteiger partial charge in [-0.05, 0) is 50.5 Å². The fourth-order valence-corrected chi connectivity index (χ4v) is 2.33. The van der Waals surface area contributed by atoms with Crippen LogP contribution in [0.1, 0.15) is 35.7 Å². The highest BCUT2D eigenvalue weighted by molar-refractivity contribution is 5.94. The molecule has 19 heavy (non-hydrogen) atoms. The lowest BCUT2D eigenvalue weighted by molar-refractivity contribution is 0.0328. The maximum atomic E-state index is 11.7. The second-order valence-corrected chi connectivity index (χ2v) is 5.06. The molecular formula is C15H22N2O2. The number of aryl methyl sites for hydroxylation is 1. The molecule has 104 valence electrons. The molecule has 4 nitrogen and oxygen atoms in total. The molecule has 1 aliphatic carbocycles. The number of nitrogens with one attached hydrogen (secondary N) is 2. The Morgan fingerprint density at radius 2 is 2.16 bits per heavy atom. The van der Waals surface area contributed by atoms with E-state index in [1.165, 1.54) is 0 Å². The van der Waals surface area contributed by atoms with Crippen LogP contribution in [0, 0.1) is 6.92 Å². The third-order valence-corrected chi connectivity index (χ3v) is 3.61. The summed E-state index contributed by atoms with van der Waals surface area (Å²) >= 11 is 0. The Balaban J connectivity index is 1.98. The number of carbonyl (C=O) groups is 1. The summed E-state index contributed by atoms with van der Waals surface area (Å²) in [5.41, 5.74) is 2.92. The summed E-state index contributed by atoms with van der Waals surface area (Å²) in [6.45, 7) is 4.60. The van der Waals surface area contributed by atoms with Crippen LogP contribution in [0.4, 0.5) is 5.69 Å². The first kappa shape index (κ1) is 13.9. The Bertz CT molecular complexity index is 453. The third kappa shape index (κ3) is 3.26. The van der Waals surface area contributed by atoms with E-state index in [1.807, 2.05) is 32.0 Å². The second kappa shape index (κ2) is 6.06. The van der Waals surface area contributed by atoms with E-state index in [0.717, 1.165) is 24.1 Å². The molecule has 1 amide bonds. The van der Waals surface area contributed by atoms with Crippen molar-refractivity contribution in [3.8, 4) is 0 Å². The van der Waals surface area contributed by atoms with Crippen LogP contribution in [-0.2, 0) is 4.74 Å². The minimum atomic E-state index is -0.0137. The number of methoxy groups -OCH3 is 1. The van der Waals surface area contributed by atoms with Gasteiger partial charge in [-0.2, -0.15) is 0 Å². The highest BCUT2D eigenvalue weighted by Gasteiger charge is 2.28. The Hall–Kier alpha value is -1.55. The minimum Gasteiger partial charge on any atom is -0.382 e. The summed E-state index contributed by atoms with van der Waals surface area (Å²) in [6, 6.07) is 6.27. The average Bonchev–Trinajstić information content (AvgIpc) is 2.35.